The highest BCUT2D eigenvalue weighted by Crippen LogP contribution is 2.35. The van der Waals surface area contributed by atoms with Gasteiger partial charge in [0.25, 0.3) is 5.91 Å². The van der Waals surface area contributed by atoms with Crippen molar-refractivity contribution in [1.82, 2.24) is 15.3 Å². The molecule has 2 N–H and O–H groups in total. The number of hydrogen-bond acceptors (Lipinski definition) is 3. The summed E-state index contributed by atoms with van der Waals surface area (Å²) in [6, 6.07) is 9.32. The quantitative estimate of drug-likeness (QED) is 0.403. The van der Waals surface area contributed by atoms with Crippen molar-refractivity contribution in [2.45, 2.75) is 19.1 Å². The molecule has 0 aliphatic carbocycles. The molecule has 4 nitrogen and oxygen atoms in total. The maximum absolute atomic E-state index is 13.0. The molecule has 0 fully saturated rings. The summed E-state index contributed by atoms with van der Waals surface area (Å²) in [5.74, 6) is -0.331. The van der Waals surface area contributed by atoms with E-state index in [0.29, 0.717) is 16.9 Å². The summed E-state index contributed by atoms with van der Waals surface area (Å²) in [5.41, 5.74) is 2.05. The van der Waals surface area contributed by atoms with Crippen molar-refractivity contribution in [3.63, 3.8) is 0 Å². The zero-order chi connectivity index (χ0) is 21.3. The SMILES string of the molecule is O=C(NCc1ccc(Cl)c(C(F)(F)F)c1)c1sccc1Cc1ccnc2[nH]ccc12. The van der Waals surface area contributed by atoms with Crippen LogP contribution < -0.4 is 5.32 Å². The Morgan fingerprint density at radius 3 is 2.80 bits per heavy atom. The number of amides is 1. The lowest BCUT2D eigenvalue weighted by atomic mass is 10.0. The lowest BCUT2D eigenvalue weighted by Gasteiger charge is -2.12. The number of thiophene rings is 1. The van der Waals surface area contributed by atoms with Crippen LogP contribution in [0.15, 0.2) is 54.2 Å². The summed E-state index contributed by atoms with van der Waals surface area (Å²) in [4.78, 5) is 20.5. The second kappa shape index (κ2) is 8.12. The molecule has 3 heterocycles. The number of benzene rings is 1. The average Bonchev–Trinajstić information content (AvgIpc) is 3.36. The van der Waals surface area contributed by atoms with Crippen LogP contribution in [0.1, 0.15) is 31.9 Å². The summed E-state index contributed by atoms with van der Waals surface area (Å²) in [5, 5.41) is 5.14. The first kappa shape index (κ1) is 20.4. The van der Waals surface area contributed by atoms with Crippen LogP contribution in [0.4, 0.5) is 13.2 Å². The van der Waals surface area contributed by atoms with Crippen LogP contribution in [-0.2, 0) is 19.1 Å². The molecule has 0 atom stereocenters. The van der Waals surface area contributed by atoms with Crippen molar-refractivity contribution in [1.29, 1.82) is 0 Å². The highest BCUT2D eigenvalue weighted by atomic mass is 35.5. The number of aromatic nitrogens is 2. The molecular weight excluding hydrogens is 435 g/mol. The second-order valence-corrected chi connectivity index (χ2v) is 7.98. The van der Waals surface area contributed by atoms with E-state index in [1.54, 1.807) is 6.20 Å². The van der Waals surface area contributed by atoms with Crippen LogP contribution in [0.3, 0.4) is 0 Å². The summed E-state index contributed by atoms with van der Waals surface area (Å²) >= 11 is 6.94. The molecule has 0 unspecified atom stereocenters. The molecule has 0 aliphatic heterocycles. The number of carbonyl (C=O) groups is 1. The predicted molar refractivity (Wildman–Crippen MR) is 111 cm³/mol. The lowest BCUT2D eigenvalue weighted by Crippen LogP contribution is -2.23. The number of fused-ring (bicyclic) bond motifs is 1. The summed E-state index contributed by atoms with van der Waals surface area (Å²) < 4.78 is 39.1. The van der Waals surface area contributed by atoms with Gasteiger partial charge in [-0.2, -0.15) is 13.2 Å². The van der Waals surface area contributed by atoms with Gasteiger partial charge in [-0.1, -0.05) is 17.7 Å². The van der Waals surface area contributed by atoms with E-state index in [9.17, 15) is 18.0 Å². The van der Waals surface area contributed by atoms with Gasteiger partial charge in [0.2, 0.25) is 0 Å². The van der Waals surface area contributed by atoms with Crippen LogP contribution in [0.5, 0.6) is 0 Å². The van der Waals surface area contributed by atoms with E-state index in [1.807, 2.05) is 29.8 Å². The van der Waals surface area contributed by atoms with Crippen molar-refractivity contribution in [3.8, 4) is 0 Å². The van der Waals surface area contributed by atoms with Gasteiger partial charge in [0.1, 0.15) is 5.65 Å². The Labute approximate surface area is 178 Å². The smallest absolute Gasteiger partial charge is 0.347 e. The highest BCUT2D eigenvalue weighted by molar-refractivity contribution is 7.12. The first-order chi connectivity index (χ1) is 14.3. The number of nitrogens with zero attached hydrogens (tertiary/aromatic N) is 1. The number of nitrogens with one attached hydrogen (secondary N) is 2. The van der Waals surface area contributed by atoms with Gasteiger partial charge in [-0.15, -0.1) is 11.3 Å². The maximum Gasteiger partial charge on any atom is 0.417 e. The van der Waals surface area contributed by atoms with Gasteiger partial charge >= 0.3 is 6.18 Å². The third-order valence-corrected chi connectivity index (χ3v) is 5.96. The molecule has 1 amide bonds. The zero-order valence-electron chi connectivity index (χ0n) is 15.4. The molecule has 4 aromatic rings. The molecule has 0 radical (unpaired) electrons. The fraction of sp³-hybridized carbons (Fsp3) is 0.143. The van der Waals surface area contributed by atoms with E-state index in [2.05, 4.69) is 15.3 Å². The van der Waals surface area contributed by atoms with Gasteiger partial charge in [0.05, 0.1) is 15.5 Å². The van der Waals surface area contributed by atoms with Crippen LogP contribution in [-0.4, -0.2) is 15.9 Å². The Balaban J connectivity index is 1.49. The molecule has 154 valence electrons. The first-order valence-electron chi connectivity index (χ1n) is 8.94. The normalized spacial score (nSPS) is 11.7. The number of H-pyrrole nitrogens is 1. The van der Waals surface area contributed by atoms with E-state index in [1.165, 1.54) is 23.5 Å². The number of alkyl halides is 3. The van der Waals surface area contributed by atoms with Crippen LogP contribution >= 0.6 is 22.9 Å². The van der Waals surface area contributed by atoms with E-state index in [4.69, 9.17) is 11.6 Å². The molecule has 0 aliphatic rings. The van der Waals surface area contributed by atoms with Gasteiger partial charge in [-0.3, -0.25) is 4.79 Å². The Kier molecular flexibility index (Phi) is 5.53. The Bertz CT molecular complexity index is 1220. The van der Waals surface area contributed by atoms with E-state index >= 15 is 0 Å². The van der Waals surface area contributed by atoms with Gasteiger partial charge in [0.15, 0.2) is 0 Å². The Morgan fingerprint density at radius 2 is 2.00 bits per heavy atom. The molecule has 3 aromatic heterocycles. The minimum absolute atomic E-state index is 0.0340. The fourth-order valence-electron chi connectivity index (χ4n) is 3.21. The number of halogens is 4. The van der Waals surface area contributed by atoms with Crippen LogP contribution in [0.25, 0.3) is 11.0 Å². The molecule has 0 spiro atoms. The summed E-state index contributed by atoms with van der Waals surface area (Å²) in [6.07, 6.45) is -0.489. The van der Waals surface area contributed by atoms with Crippen molar-refractivity contribution in [2.75, 3.05) is 0 Å². The van der Waals surface area contributed by atoms with Gasteiger partial charge < -0.3 is 10.3 Å². The van der Waals surface area contributed by atoms with Crippen molar-refractivity contribution >= 4 is 39.9 Å². The van der Waals surface area contributed by atoms with Crippen molar-refractivity contribution in [2.24, 2.45) is 0 Å². The summed E-state index contributed by atoms with van der Waals surface area (Å²) in [7, 11) is 0. The molecule has 1 aromatic carbocycles. The highest BCUT2D eigenvalue weighted by Gasteiger charge is 2.33. The number of aromatic amines is 1. The minimum Gasteiger partial charge on any atom is -0.347 e. The number of hydrogen-bond donors (Lipinski definition) is 2. The Hall–Kier alpha value is -2.84. The second-order valence-electron chi connectivity index (χ2n) is 6.66. The molecule has 4 rings (SSSR count). The van der Waals surface area contributed by atoms with Crippen molar-refractivity contribution < 1.29 is 18.0 Å². The van der Waals surface area contributed by atoms with E-state index in [0.717, 1.165) is 28.2 Å². The number of pyridine rings is 1. The number of carbonyl (C=O) groups excluding carboxylic acids is 1. The molecule has 0 saturated carbocycles. The molecule has 0 bridgehead atoms. The lowest BCUT2D eigenvalue weighted by molar-refractivity contribution is -0.137. The Morgan fingerprint density at radius 1 is 1.17 bits per heavy atom. The molecule has 9 heteroatoms. The minimum atomic E-state index is -4.55. The van der Waals surface area contributed by atoms with Crippen molar-refractivity contribution in [3.05, 3.63) is 86.3 Å². The largest absolute Gasteiger partial charge is 0.417 e. The van der Waals surface area contributed by atoms with Gasteiger partial charge in [0, 0.05) is 24.3 Å². The zero-order valence-corrected chi connectivity index (χ0v) is 17.0. The van der Waals surface area contributed by atoms with Gasteiger partial charge in [-0.05, 0) is 58.8 Å². The van der Waals surface area contributed by atoms with E-state index < -0.39 is 11.7 Å². The van der Waals surface area contributed by atoms with Gasteiger partial charge in [-0.25, -0.2) is 4.98 Å². The topological polar surface area (TPSA) is 57.8 Å². The monoisotopic (exact) mass is 449 g/mol. The maximum atomic E-state index is 13.0. The standard InChI is InChI=1S/C21H15ClF3N3OS/c22-17-2-1-12(9-16(17)21(23,24)25)11-28-20(29)18-14(5-8-30-18)10-13-3-6-26-19-15(13)4-7-27-19/h1-9H,10-11H2,(H,26,27)(H,28,29). The fourth-order valence-corrected chi connectivity index (χ4v) is 4.28. The number of rotatable bonds is 5. The van der Waals surface area contributed by atoms with Crippen LogP contribution in [0.2, 0.25) is 5.02 Å². The summed E-state index contributed by atoms with van der Waals surface area (Å²) in [6.45, 7) is -0.0340. The molecular formula is C21H15ClF3N3OS. The van der Waals surface area contributed by atoms with Crippen LogP contribution in [0, 0.1) is 0 Å². The molecule has 30 heavy (non-hydrogen) atoms. The first-order valence-corrected chi connectivity index (χ1v) is 10.2. The average molecular weight is 450 g/mol. The third-order valence-electron chi connectivity index (χ3n) is 4.67. The third kappa shape index (κ3) is 4.20. The molecule has 0 saturated heterocycles. The van der Waals surface area contributed by atoms with E-state index in [-0.39, 0.29) is 17.5 Å². The predicted octanol–water partition coefficient (Wildman–Crippen LogP) is 5.82.